The average Bonchev–Trinajstić information content (AvgIpc) is 2.68. The number of fused-ring (bicyclic) bond motifs is 1. The molecule has 1 aliphatic carbocycles. The largest absolute Gasteiger partial charge is 0.352 e. The second-order valence-electron chi connectivity index (χ2n) is 6.52. The standard InChI is InChI=1S/C20H21N3O4/c24-19(22-18-7-3-5-14-4-1-2-6-17(14)18)12-13-21-20(25)15-8-10-16(11-9-15)23(26)27/h1-2,4,6,8-11,18H,3,5,7,12-13H2,(H,21,25)(H,22,24)/t18-/m0/s1. The zero-order chi connectivity index (χ0) is 19.2. The molecule has 0 heterocycles. The van der Waals surface area contributed by atoms with Crippen LogP contribution in [0.2, 0.25) is 0 Å². The fourth-order valence-electron chi connectivity index (χ4n) is 3.30. The smallest absolute Gasteiger partial charge is 0.269 e. The van der Waals surface area contributed by atoms with Crippen LogP contribution in [0, 0.1) is 10.1 Å². The van der Waals surface area contributed by atoms with Crippen molar-refractivity contribution >= 4 is 17.5 Å². The van der Waals surface area contributed by atoms with E-state index in [1.165, 1.54) is 35.4 Å². The number of hydrogen-bond acceptors (Lipinski definition) is 4. The first-order chi connectivity index (χ1) is 13.0. The van der Waals surface area contributed by atoms with Crippen LogP contribution in [0.25, 0.3) is 0 Å². The molecule has 0 fully saturated rings. The molecule has 0 aromatic heterocycles. The Bertz CT molecular complexity index is 849. The molecule has 0 unspecified atom stereocenters. The summed E-state index contributed by atoms with van der Waals surface area (Å²) in [5, 5.41) is 16.3. The second kappa shape index (κ2) is 8.44. The molecular formula is C20H21N3O4. The summed E-state index contributed by atoms with van der Waals surface area (Å²) in [6.45, 7) is 0.204. The minimum absolute atomic E-state index is 0.0211. The van der Waals surface area contributed by atoms with E-state index >= 15 is 0 Å². The van der Waals surface area contributed by atoms with E-state index < -0.39 is 4.92 Å². The lowest BCUT2D eigenvalue weighted by Gasteiger charge is -2.26. The van der Waals surface area contributed by atoms with E-state index in [-0.39, 0.29) is 36.5 Å². The molecule has 1 atom stereocenters. The summed E-state index contributed by atoms with van der Waals surface area (Å²) in [5.41, 5.74) is 2.70. The Morgan fingerprint density at radius 2 is 1.85 bits per heavy atom. The first-order valence-electron chi connectivity index (χ1n) is 8.94. The lowest BCUT2D eigenvalue weighted by atomic mass is 9.88. The molecule has 3 rings (SSSR count). The Morgan fingerprint density at radius 3 is 2.59 bits per heavy atom. The Morgan fingerprint density at radius 1 is 1.11 bits per heavy atom. The van der Waals surface area contributed by atoms with Crippen molar-refractivity contribution in [1.82, 2.24) is 10.6 Å². The van der Waals surface area contributed by atoms with Crippen LogP contribution < -0.4 is 10.6 Å². The van der Waals surface area contributed by atoms with Gasteiger partial charge < -0.3 is 10.6 Å². The fraction of sp³-hybridized carbons (Fsp3) is 0.300. The Hall–Kier alpha value is -3.22. The maximum absolute atomic E-state index is 12.2. The molecule has 7 nitrogen and oxygen atoms in total. The minimum atomic E-state index is -0.518. The lowest BCUT2D eigenvalue weighted by molar-refractivity contribution is -0.384. The van der Waals surface area contributed by atoms with Crippen molar-refractivity contribution < 1.29 is 14.5 Å². The highest BCUT2D eigenvalue weighted by molar-refractivity contribution is 5.94. The number of amides is 2. The number of rotatable bonds is 6. The summed E-state index contributed by atoms with van der Waals surface area (Å²) < 4.78 is 0. The highest BCUT2D eigenvalue weighted by atomic mass is 16.6. The molecule has 2 aromatic rings. The summed E-state index contributed by atoms with van der Waals surface area (Å²) in [6.07, 6.45) is 3.17. The van der Waals surface area contributed by atoms with E-state index in [2.05, 4.69) is 22.8 Å². The number of aryl methyl sites for hydroxylation is 1. The molecule has 0 aliphatic heterocycles. The summed E-state index contributed by atoms with van der Waals surface area (Å²) in [5.74, 6) is -0.471. The van der Waals surface area contributed by atoms with Crippen LogP contribution in [0.1, 0.15) is 46.8 Å². The van der Waals surface area contributed by atoms with Gasteiger partial charge in [0.25, 0.3) is 11.6 Å². The quantitative estimate of drug-likeness (QED) is 0.605. The normalized spacial score (nSPS) is 15.5. The van der Waals surface area contributed by atoms with Gasteiger partial charge in [0.05, 0.1) is 11.0 Å². The molecule has 2 N–H and O–H groups in total. The van der Waals surface area contributed by atoms with Gasteiger partial charge in [-0.05, 0) is 42.5 Å². The lowest BCUT2D eigenvalue weighted by Crippen LogP contribution is -2.34. The number of nitro groups is 1. The number of nitro benzene ring substituents is 1. The number of non-ortho nitro benzene ring substituents is 1. The molecule has 0 radical (unpaired) electrons. The van der Waals surface area contributed by atoms with Gasteiger partial charge in [0.2, 0.25) is 5.91 Å². The van der Waals surface area contributed by atoms with Crippen molar-refractivity contribution in [2.45, 2.75) is 31.7 Å². The molecular weight excluding hydrogens is 346 g/mol. The van der Waals surface area contributed by atoms with Gasteiger partial charge in [-0.15, -0.1) is 0 Å². The van der Waals surface area contributed by atoms with Crippen molar-refractivity contribution in [1.29, 1.82) is 0 Å². The molecule has 1 aliphatic rings. The van der Waals surface area contributed by atoms with Gasteiger partial charge in [-0.1, -0.05) is 24.3 Å². The number of hydrogen-bond donors (Lipinski definition) is 2. The van der Waals surface area contributed by atoms with Crippen molar-refractivity contribution in [3.05, 3.63) is 75.3 Å². The molecule has 7 heteroatoms. The van der Waals surface area contributed by atoms with Crippen LogP contribution in [0.3, 0.4) is 0 Å². The van der Waals surface area contributed by atoms with Crippen molar-refractivity contribution in [3.63, 3.8) is 0 Å². The topological polar surface area (TPSA) is 101 Å². The van der Waals surface area contributed by atoms with E-state index in [1.54, 1.807) is 0 Å². The predicted molar refractivity (Wildman–Crippen MR) is 100 cm³/mol. The number of nitrogens with one attached hydrogen (secondary N) is 2. The maximum Gasteiger partial charge on any atom is 0.269 e. The summed E-state index contributed by atoms with van der Waals surface area (Å²) in [6, 6.07) is 13.5. The molecule has 140 valence electrons. The van der Waals surface area contributed by atoms with E-state index in [1.807, 2.05) is 12.1 Å². The van der Waals surface area contributed by atoms with Crippen LogP contribution in [-0.4, -0.2) is 23.3 Å². The Labute approximate surface area is 156 Å². The predicted octanol–water partition coefficient (Wildman–Crippen LogP) is 2.91. The average molecular weight is 367 g/mol. The van der Waals surface area contributed by atoms with Gasteiger partial charge in [-0.2, -0.15) is 0 Å². The first kappa shape index (κ1) is 18.6. The van der Waals surface area contributed by atoms with Crippen LogP contribution >= 0.6 is 0 Å². The molecule has 2 aromatic carbocycles. The molecule has 0 bridgehead atoms. The number of benzene rings is 2. The molecule has 0 saturated heterocycles. The van der Waals surface area contributed by atoms with Crippen molar-refractivity contribution in [3.8, 4) is 0 Å². The zero-order valence-electron chi connectivity index (χ0n) is 14.8. The summed E-state index contributed by atoms with van der Waals surface area (Å²) in [4.78, 5) is 34.4. The van der Waals surface area contributed by atoms with Gasteiger partial charge in [0.1, 0.15) is 0 Å². The number of carbonyl (C=O) groups excluding carboxylic acids is 2. The zero-order valence-corrected chi connectivity index (χ0v) is 14.8. The molecule has 0 saturated carbocycles. The Kier molecular flexibility index (Phi) is 5.80. The molecule has 0 spiro atoms. The van der Waals surface area contributed by atoms with Gasteiger partial charge in [0.15, 0.2) is 0 Å². The molecule has 2 amide bonds. The number of nitrogens with zero attached hydrogens (tertiary/aromatic N) is 1. The third-order valence-electron chi connectivity index (χ3n) is 4.68. The monoisotopic (exact) mass is 367 g/mol. The van der Waals surface area contributed by atoms with E-state index in [4.69, 9.17) is 0 Å². The molecule has 27 heavy (non-hydrogen) atoms. The SMILES string of the molecule is O=C(CCNC(=O)c1ccc([N+](=O)[O-])cc1)N[C@H]1CCCc2ccccc21. The highest BCUT2D eigenvalue weighted by Crippen LogP contribution is 2.29. The first-order valence-corrected chi connectivity index (χ1v) is 8.94. The highest BCUT2D eigenvalue weighted by Gasteiger charge is 2.21. The van der Waals surface area contributed by atoms with Crippen LogP contribution in [0.4, 0.5) is 5.69 Å². The van der Waals surface area contributed by atoms with Gasteiger partial charge in [0, 0.05) is 30.7 Å². The van der Waals surface area contributed by atoms with Crippen LogP contribution in [0.5, 0.6) is 0 Å². The third kappa shape index (κ3) is 4.69. The maximum atomic E-state index is 12.2. The van der Waals surface area contributed by atoms with Crippen LogP contribution in [-0.2, 0) is 11.2 Å². The number of carbonyl (C=O) groups is 2. The summed E-state index contributed by atoms with van der Waals surface area (Å²) in [7, 11) is 0. The van der Waals surface area contributed by atoms with E-state index in [0.717, 1.165) is 19.3 Å². The van der Waals surface area contributed by atoms with Crippen LogP contribution in [0.15, 0.2) is 48.5 Å². The van der Waals surface area contributed by atoms with Gasteiger partial charge >= 0.3 is 0 Å². The van der Waals surface area contributed by atoms with Crippen molar-refractivity contribution in [2.24, 2.45) is 0 Å². The summed E-state index contributed by atoms with van der Waals surface area (Å²) >= 11 is 0. The third-order valence-corrected chi connectivity index (χ3v) is 4.68. The van der Waals surface area contributed by atoms with E-state index in [9.17, 15) is 19.7 Å². The Balaban J connectivity index is 1.47. The van der Waals surface area contributed by atoms with E-state index in [0.29, 0.717) is 5.56 Å². The minimum Gasteiger partial charge on any atom is -0.352 e. The van der Waals surface area contributed by atoms with Crippen molar-refractivity contribution in [2.75, 3.05) is 6.54 Å². The fourth-order valence-corrected chi connectivity index (χ4v) is 3.30. The van der Waals surface area contributed by atoms with Gasteiger partial charge in [-0.25, -0.2) is 0 Å². The second-order valence-corrected chi connectivity index (χ2v) is 6.52. The van der Waals surface area contributed by atoms with Gasteiger partial charge in [-0.3, -0.25) is 19.7 Å².